The van der Waals surface area contributed by atoms with E-state index in [1.54, 1.807) is 48.5 Å². The molecule has 1 amide bonds. The SMILES string of the molecule is COc1cc2c(Br)c(CCN(C=O)S(=O)(=O)c3ccccc3)n(S(=O)(=O)c3ccccc3)c2cc1OC. The lowest BCUT2D eigenvalue weighted by Crippen LogP contribution is -2.32. The van der Waals surface area contributed by atoms with Crippen molar-refractivity contribution in [2.24, 2.45) is 0 Å². The van der Waals surface area contributed by atoms with Crippen molar-refractivity contribution in [2.75, 3.05) is 20.8 Å². The Morgan fingerprint density at radius 1 is 0.865 bits per heavy atom. The van der Waals surface area contributed by atoms with Gasteiger partial charge in [0.05, 0.1) is 35.2 Å². The highest BCUT2D eigenvalue weighted by Gasteiger charge is 2.29. The maximum atomic E-state index is 13.8. The largest absolute Gasteiger partial charge is 0.493 e. The van der Waals surface area contributed by atoms with Crippen LogP contribution in [0, 0.1) is 0 Å². The Labute approximate surface area is 223 Å². The summed E-state index contributed by atoms with van der Waals surface area (Å²) in [5, 5.41) is 0.510. The summed E-state index contributed by atoms with van der Waals surface area (Å²) in [5.74, 6) is 0.704. The van der Waals surface area contributed by atoms with E-state index < -0.39 is 20.0 Å². The Morgan fingerprint density at radius 2 is 1.41 bits per heavy atom. The van der Waals surface area contributed by atoms with Crippen molar-refractivity contribution in [3.05, 3.63) is 83.0 Å². The third-order valence-corrected chi connectivity index (χ3v) is 10.2. The van der Waals surface area contributed by atoms with Crippen LogP contribution in [-0.4, -0.2) is 52.3 Å². The fourth-order valence-corrected chi connectivity index (χ4v) is 7.58. The predicted molar refractivity (Wildman–Crippen MR) is 142 cm³/mol. The zero-order valence-electron chi connectivity index (χ0n) is 19.9. The van der Waals surface area contributed by atoms with Gasteiger partial charge >= 0.3 is 0 Å². The smallest absolute Gasteiger partial charge is 0.268 e. The second-order valence-corrected chi connectivity index (χ2v) is 12.3. The Balaban J connectivity index is 1.88. The van der Waals surface area contributed by atoms with E-state index >= 15 is 0 Å². The van der Waals surface area contributed by atoms with Crippen LogP contribution in [0.25, 0.3) is 10.9 Å². The number of carbonyl (C=O) groups is 1. The first-order valence-corrected chi connectivity index (χ1v) is 14.6. The number of fused-ring (bicyclic) bond motifs is 1. The maximum Gasteiger partial charge on any atom is 0.268 e. The van der Waals surface area contributed by atoms with E-state index in [0.29, 0.717) is 31.2 Å². The molecule has 0 saturated carbocycles. The molecule has 4 rings (SSSR count). The van der Waals surface area contributed by atoms with Crippen LogP contribution in [0.3, 0.4) is 0 Å². The van der Waals surface area contributed by atoms with Gasteiger partial charge in [0, 0.05) is 28.9 Å². The van der Waals surface area contributed by atoms with Gasteiger partial charge in [0.2, 0.25) is 6.41 Å². The molecule has 3 aromatic carbocycles. The molecule has 0 bridgehead atoms. The van der Waals surface area contributed by atoms with Gasteiger partial charge in [-0.3, -0.25) is 4.79 Å². The van der Waals surface area contributed by atoms with Crippen molar-refractivity contribution in [2.45, 2.75) is 16.2 Å². The van der Waals surface area contributed by atoms with E-state index in [0.717, 1.165) is 3.97 Å². The van der Waals surface area contributed by atoms with E-state index in [1.165, 1.54) is 38.5 Å². The molecule has 0 aliphatic heterocycles. The third-order valence-electron chi connectivity index (χ3n) is 5.77. The van der Waals surface area contributed by atoms with Gasteiger partial charge in [-0.05, 0) is 46.3 Å². The number of hydrogen-bond donors (Lipinski definition) is 0. The Hall–Kier alpha value is -3.35. The number of amides is 1. The standard InChI is InChI=1S/C25H23BrN2O7S2/c1-34-23-15-20-22(16-24(23)35-2)28(37(32,33)19-11-7-4-8-12-19)21(25(20)26)13-14-27(17-29)36(30,31)18-9-5-3-6-10-18/h3-12,15-17H,13-14H2,1-2H3. The molecule has 9 nitrogen and oxygen atoms in total. The summed E-state index contributed by atoms with van der Waals surface area (Å²) in [6.45, 7) is -0.297. The number of methoxy groups -OCH3 is 2. The van der Waals surface area contributed by atoms with Crippen molar-refractivity contribution in [3.8, 4) is 11.5 Å². The Kier molecular flexibility index (Phi) is 7.62. The minimum Gasteiger partial charge on any atom is -0.493 e. The molecule has 0 spiro atoms. The van der Waals surface area contributed by atoms with Crippen molar-refractivity contribution >= 4 is 53.3 Å². The average Bonchev–Trinajstić information content (AvgIpc) is 3.20. The van der Waals surface area contributed by atoms with Gasteiger partial charge in [-0.15, -0.1) is 0 Å². The molecule has 0 aliphatic rings. The molecule has 0 atom stereocenters. The molecular formula is C25H23BrN2O7S2. The van der Waals surface area contributed by atoms with E-state index in [9.17, 15) is 21.6 Å². The number of rotatable bonds is 10. The summed E-state index contributed by atoms with van der Waals surface area (Å²) in [4.78, 5) is 11.8. The van der Waals surface area contributed by atoms with Gasteiger partial charge in [0.1, 0.15) is 0 Å². The molecular weight excluding hydrogens is 584 g/mol. The van der Waals surface area contributed by atoms with Gasteiger partial charge in [-0.1, -0.05) is 36.4 Å². The number of nitrogens with zero attached hydrogens (tertiary/aromatic N) is 2. The van der Waals surface area contributed by atoms with Crippen molar-refractivity contribution in [3.63, 3.8) is 0 Å². The number of ether oxygens (including phenoxy) is 2. The molecule has 0 fully saturated rings. The van der Waals surface area contributed by atoms with Crippen LogP contribution >= 0.6 is 15.9 Å². The van der Waals surface area contributed by atoms with Crippen molar-refractivity contribution < 1.29 is 31.1 Å². The molecule has 0 aliphatic carbocycles. The van der Waals surface area contributed by atoms with Crippen LogP contribution in [0.15, 0.2) is 87.1 Å². The van der Waals surface area contributed by atoms with Crippen LogP contribution in [0.2, 0.25) is 0 Å². The highest BCUT2D eigenvalue weighted by atomic mass is 79.9. The van der Waals surface area contributed by atoms with Gasteiger partial charge in [0.15, 0.2) is 11.5 Å². The second-order valence-electron chi connectivity index (χ2n) is 7.85. The monoisotopic (exact) mass is 606 g/mol. The lowest BCUT2D eigenvalue weighted by molar-refractivity contribution is -0.114. The predicted octanol–water partition coefficient (Wildman–Crippen LogP) is 4.05. The van der Waals surface area contributed by atoms with Crippen LogP contribution in [0.4, 0.5) is 0 Å². The second kappa shape index (κ2) is 10.6. The molecule has 12 heteroatoms. The Morgan fingerprint density at radius 3 is 1.95 bits per heavy atom. The first-order valence-electron chi connectivity index (χ1n) is 10.9. The Bertz CT molecular complexity index is 1650. The topological polar surface area (TPSA) is 112 Å². The number of hydrogen-bond acceptors (Lipinski definition) is 7. The fourth-order valence-electron chi connectivity index (χ4n) is 3.96. The number of benzene rings is 3. The van der Waals surface area contributed by atoms with Crippen LogP contribution in [-0.2, 0) is 31.3 Å². The summed E-state index contributed by atoms with van der Waals surface area (Å²) >= 11 is 3.51. The van der Waals surface area contributed by atoms with Crippen LogP contribution in [0.1, 0.15) is 5.69 Å². The summed E-state index contributed by atoms with van der Waals surface area (Å²) < 4.78 is 66.8. The van der Waals surface area contributed by atoms with Gasteiger partial charge in [0.25, 0.3) is 20.0 Å². The number of halogens is 1. The molecule has 1 aromatic heterocycles. The quantitative estimate of drug-likeness (QED) is 0.250. The zero-order valence-corrected chi connectivity index (χ0v) is 23.1. The summed E-state index contributed by atoms with van der Waals surface area (Å²) in [5.41, 5.74) is 0.552. The first-order chi connectivity index (χ1) is 17.7. The molecule has 194 valence electrons. The molecule has 0 radical (unpaired) electrons. The zero-order chi connectivity index (χ0) is 26.8. The first kappa shape index (κ1) is 26.7. The summed E-state index contributed by atoms with van der Waals surface area (Å²) in [6.07, 6.45) is 0.123. The van der Waals surface area contributed by atoms with Crippen molar-refractivity contribution in [1.29, 1.82) is 0 Å². The van der Waals surface area contributed by atoms with Crippen molar-refractivity contribution in [1.82, 2.24) is 8.28 Å². The van der Waals surface area contributed by atoms with E-state index in [-0.39, 0.29) is 34.9 Å². The highest BCUT2D eigenvalue weighted by molar-refractivity contribution is 9.10. The van der Waals surface area contributed by atoms with Gasteiger partial charge in [-0.2, -0.15) is 0 Å². The molecule has 4 aromatic rings. The lowest BCUT2D eigenvalue weighted by Gasteiger charge is -2.19. The average molecular weight is 608 g/mol. The van der Waals surface area contributed by atoms with Gasteiger partial charge in [-0.25, -0.2) is 25.1 Å². The molecule has 0 N–H and O–H groups in total. The molecule has 37 heavy (non-hydrogen) atoms. The van der Waals surface area contributed by atoms with Crippen LogP contribution in [0.5, 0.6) is 11.5 Å². The van der Waals surface area contributed by atoms with E-state index in [1.807, 2.05) is 0 Å². The van der Waals surface area contributed by atoms with Gasteiger partial charge < -0.3 is 9.47 Å². The number of carbonyl (C=O) groups excluding carboxylic acids is 1. The molecule has 0 unspecified atom stereocenters. The van der Waals surface area contributed by atoms with E-state index in [4.69, 9.17) is 9.47 Å². The minimum atomic E-state index is -4.13. The lowest BCUT2D eigenvalue weighted by atomic mass is 10.2. The van der Waals surface area contributed by atoms with Crippen LogP contribution < -0.4 is 9.47 Å². The summed E-state index contributed by atoms with van der Waals surface area (Å²) in [6, 6.07) is 18.6. The maximum absolute atomic E-state index is 13.8. The minimum absolute atomic E-state index is 0.0413. The molecule has 0 saturated heterocycles. The van der Waals surface area contributed by atoms with E-state index in [2.05, 4.69) is 15.9 Å². The number of aromatic nitrogens is 1. The number of sulfonamides is 1. The normalized spacial score (nSPS) is 11.9. The highest BCUT2D eigenvalue weighted by Crippen LogP contribution is 2.40. The third kappa shape index (κ3) is 4.83. The summed E-state index contributed by atoms with van der Waals surface area (Å²) in [7, 11) is -5.36. The fraction of sp³-hybridized carbons (Fsp3) is 0.160. The molecule has 1 heterocycles.